The standard InChI is InChI=1S/C16H17N3O/c1-11-4-3-5-14(12(11)2)15(16-9-17-10-18-16)8-13-6-7-20-19-13/h3-7,9-10,15H,8H2,1-2H3,(H,17,18)/t15-/m0/s1. The summed E-state index contributed by atoms with van der Waals surface area (Å²) in [5.41, 5.74) is 5.97. The molecule has 2 heterocycles. The molecule has 2 aromatic heterocycles. The molecule has 0 spiro atoms. The zero-order valence-corrected chi connectivity index (χ0v) is 11.6. The number of H-pyrrole nitrogens is 1. The van der Waals surface area contributed by atoms with Gasteiger partial charge in [-0.3, -0.25) is 0 Å². The minimum atomic E-state index is 0.211. The van der Waals surface area contributed by atoms with Gasteiger partial charge in [0.05, 0.1) is 12.0 Å². The zero-order chi connectivity index (χ0) is 13.9. The van der Waals surface area contributed by atoms with Gasteiger partial charge >= 0.3 is 0 Å². The Hall–Kier alpha value is -2.36. The van der Waals surface area contributed by atoms with Crippen LogP contribution in [0.1, 0.15) is 34.0 Å². The fraction of sp³-hybridized carbons (Fsp3) is 0.250. The molecule has 102 valence electrons. The monoisotopic (exact) mass is 267 g/mol. The van der Waals surface area contributed by atoms with E-state index >= 15 is 0 Å². The van der Waals surface area contributed by atoms with Crippen molar-refractivity contribution in [2.75, 3.05) is 0 Å². The number of hydrogen-bond acceptors (Lipinski definition) is 3. The summed E-state index contributed by atoms with van der Waals surface area (Å²) in [6.45, 7) is 4.30. The fourth-order valence-corrected chi connectivity index (χ4v) is 2.55. The van der Waals surface area contributed by atoms with Gasteiger partial charge in [-0.1, -0.05) is 23.4 Å². The van der Waals surface area contributed by atoms with Crippen molar-refractivity contribution in [2.24, 2.45) is 0 Å². The third-order valence-corrected chi connectivity index (χ3v) is 3.82. The number of hydrogen-bond donors (Lipinski definition) is 1. The van der Waals surface area contributed by atoms with Crippen LogP contribution in [0.15, 0.2) is 47.6 Å². The van der Waals surface area contributed by atoms with Gasteiger partial charge in [-0.2, -0.15) is 0 Å². The highest BCUT2D eigenvalue weighted by molar-refractivity contribution is 5.39. The van der Waals surface area contributed by atoms with Crippen LogP contribution >= 0.6 is 0 Å². The summed E-state index contributed by atoms with van der Waals surface area (Å²) in [4.78, 5) is 7.38. The Morgan fingerprint density at radius 3 is 2.85 bits per heavy atom. The molecule has 1 aromatic carbocycles. The van der Waals surface area contributed by atoms with Crippen LogP contribution in [0.2, 0.25) is 0 Å². The van der Waals surface area contributed by atoms with E-state index in [2.05, 4.69) is 47.2 Å². The van der Waals surface area contributed by atoms with Gasteiger partial charge in [0.2, 0.25) is 0 Å². The van der Waals surface area contributed by atoms with Gasteiger partial charge in [0, 0.05) is 30.3 Å². The summed E-state index contributed by atoms with van der Waals surface area (Å²) in [7, 11) is 0. The van der Waals surface area contributed by atoms with Crippen molar-refractivity contribution in [1.29, 1.82) is 0 Å². The predicted molar refractivity (Wildman–Crippen MR) is 76.6 cm³/mol. The molecular weight excluding hydrogens is 250 g/mol. The first kappa shape index (κ1) is 12.7. The number of imidazole rings is 1. The number of nitrogens with one attached hydrogen (secondary N) is 1. The van der Waals surface area contributed by atoms with Crippen LogP contribution in [0.4, 0.5) is 0 Å². The maximum absolute atomic E-state index is 4.95. The molecule has 4 nitrogen and oxygen atoms in total. The van der Waals surface area contributed by atoms with E-state index < -0.39 is 0 Å². The quantitative estimate of drug-likeness (QED) is 0.788. The summed E-state index contributed by atoms with van der Waals surface area (Å²) < 4.78 is 4.95. The highest BCUT2D eigenvalue weighted by atomic mass is 16.5. The van der Waals surface area contributed by atoms with Gasteiger partial charge in [-0.25, -0.2) is 4.98 Å². The molecule has 1 N–H and O–H groups in total. The van der Waals surface area contributed by atoms with Crippen LogP contribution in [0, 0.1) is 13.8 Å². The van der Waals surface area contributed by atoms with Crippen molar-refractivity contribution in [3.63, 3.8) is 0 Å². The highest BCUT2D eigenvalue weighted by Gasteiger charge is 2.20. The van der Waals surface area contributed by atoms with Crippen LogP contribution in [-0.2, 0) is 6.42 Å². The summed E-state index contributed by atoms with van der Waals surface area (Å²) in [5.74, 6) is 0.211. The van der Waals surface area contributed by atoms with E-state index in [0.29, 0.717) is 0 Å². The molecule has 0 amide bonds. The Balaban J connectivity index is 2.03. The van der Waals surface area contributed by atoms with Crippen LogP contribution in [-0.4, -0.2) is 15.1 Å². The number of aryl methyl sites for hydroxylation is 1. The van der Waals surface area contributed by atoms with E-state index in [1.54, 1.807) is 12.6 Å². The molecule has 0 saturated carbocycles. The van der Waals surface area contributed by atoms with Gasteiger partial charge < -0.3 is 9.51 Å². The van der Waals surface area contributed by atoms with Crippen molar-refractivity contribution >= 4 is 0 Å². The van der Waals surface area contributed by atoms with Crippen molar-refractivity contribution in [1.82, 2.24) is 15.1 Å². The first-order valence-electron chi connectivity index (χ1n) is 6.69. The first-order valence-corrected chi connectivity index (χ1v) is 6.69. The third kappa shape index (κ3) is 2.37. The van der Waals surface area contributed by atoms with E-state index in [4.69, 9.17) is 4.52 Å². The lowest BCUT2D eigenvalue weighted by Gasteiger charge is -2.18. The Bertz CT molecular complexity index is 672. The lowest BCUT2D eigenvalue weighted by Crippen LogP contribution is -2.08. The maximum atomic E-state index is 4.95. The van der Waals surface area contributed by atoms with Crippen LogP contribution in [0.3, 0.4) is 0 Å². The second-order valence-corrected chi connectivity index (χ2v) is 5.04. The average molecular weight is 267 g/mol. The van der Waals surface area contributed by atoms with Crippen LogP contribution in [0.25, 0.3) is 0 Å². The largest absolute Gasteiger partial charge is 0.365 e. The van der Waals surface area contributed by atoms with E-state index in [1.807, 2.05) is 12.3 Å². The number of aromatic amines is 1. The third-order valence-electron chi connectivity index (χ3n) is 3.82. The molecule has 0 saturated heterocycles. The molecule has 0 bridgehead atoms. The summed E-state index contributed by atoms with van der Waals surface area (Å²) in [5, 5.41) is 4.03. The molecule has 4 heteroatoms. The topological polar surface area (TPSA) is 54.7 Å². The summed E-state index contributed by atoms with van der Waals surface area (Å²) in [6, 6.07) is 8.32. The molecule has 0 aliphatic rings. The predicted octanol–water partition coefficient (Wildman–Crippen LogP) is 3.39. The molecule has 0 unspecified atom stereocenters. The lowest BCUT2D eigenvalue weighted by molar-refractivity contribution is 0.410. The van der Waals surface area contributed by atoms with Gasteiger partial charge in [0.25, 0.3) is 0 Å². The van der Waals surface area contributed by atoms with Crippen molar-refractivity contribution in [2.45, 2.75) is 26.2 Å². The first-order chi connectivity index (χ1) is 9.75. The SMILES string of the molecule is Cc1cccc([C@H](Cc2ccon2)c2cnc[nH]2)c1C. The molecule has 0 aliphatic heterocycles. The number of rotatable bonds is 4. The van der Waals surface area contributed by atoms with Gasteiger partial charge in [0.15, 0.2) is 0 Å². The van der Waals surface area contributed by atoms with Crippen LogP contribution in [0.5, 0.6) is 0 Å². The fourth-order valence-electron chi connectivity index (χ4n) is 2.55. The van der Waals surface area contributed by atoms with Gasteiger partial charge in [-0.15, -0.1) is 0 Å². The maximum Gasteiger partial charge on any atom is 0.124 e. The molecule has 0 fully saturated rings. The lowest BCUT2D eigenvalue weighted by atomic mass is 9.87. The molecule has 1 atom stereocenters. The molecule has 3 rings (SSSR count). The Morgan fingerprint density at radius 1 is 1.25 bits per heavy atom. The molecule has 0 radical (unpaired) electrons. The van der Waals surface area contributed by atoms with Crippen molar-refractivity contribution in [3.8, 4) is 0 Å². The normalized spacial score (nSPS) is 12.5. The van der Waals surface area contributed by atoms with E-state index in [0.717, 1.165) is 17.8 Å². The Morgan fingerprint density at radius 2 is 2.15 bits per heavy atom. The summed E-state index contributed by atoms with van der Waals surface area (Å²) in [6.07, 6.45) is 6.01. The number of aromatic nitrogens is 3. The number of benzene rings is 1. The molecule has 3 aromatic rings. The highest BCUT2D eigenvalue weighted by Crippen LogP contribution is 2.30. The Kier molecular flexibility index (Phi) is 3.37. The van der Waals surface area contributed by atoms with E-state index in [9.17, 15) is 0 Å². The number of nitrogens with zero attached hydrogens (tertiary/aromatic N) is 2. The Labute approximate surface area is 117 Å². The molecular formula is C16H17N3O. The minimum Gasteiger partial charge on any atom is -0.365 e. The smallest absolute Gasteiger partial charge is 0.124 e. The van der Waals surface area contributed by atoms with Crippen molar-refractivity contribution in [3.05, 3.63) is 71.1 Å². The van der Waals surface area contributed by atoms with E-state index in [1.165, 1.54) is 16.7 Å². The van der Waals surface area contributed by atoms with E-state index in [-0.39, 0.29) is 5.92 Å². The van der Waals surface area contributed by atoms with Crippen LogP contribution < -0.4 is 0 Å². The van der Waals surface area contributed by atoms with Gasteiger partial charge in [-0.05, 0) is 30.5 Å². The van der Waals surface area contributed by atoms with Crippen molar-refractivity contribution < 1.29 is 4.52 Å². The second-order valence-electron chi connectivity index (χ2n) is 5.04. The average Bonchev–Trinajstić information content (AvgIpc) is 3.11. The zero-order valence-electron chi connectivity index (χ0n) is 11.6. The van der Waals surface area contributed by atoms with Gasteiger partial charge in [0.1, 0.15) is 6.26 Å². The second kappa shape index (κ2) is 5.33. The molecule has 0 aliphatic carbocycles. The summed E-state index contributed by atoms with van der Waals surface area (Å²) >= 11 is 0. The molecule has 20 heavy (non-hydrogen) atoms. The minimum absolute atomic E-state index is 0.211.